The molecule has 65 heavy (non-hydrogen) atoms. The van der Waals surface area contributed by atoms with Gasteiger partial charge < -0.3 is 19.2 Å². The van der Waals surface area contributed by atoms with E-state index in [0.717, 1.165) is 0 Å². The molecule has 0 aromatic carbocycles. The van der Waals surface area contributed by atoms with Gasteiger partial charge in [-0.15, -0.1) is 0 Å². The number of rotatable bonds is 39. The summed E-state index contributed by atoms with van der Waals surface area (Å²) in [4.78, 5) is 25.6. The molecule has 0 unspecified atom stereocenters. The molecule has 0 saturated carbocycles. The van der Waals surface area contributed by atoms with Gasteiger partial charge in [-0.05, 0) is 38.5 Å². The van der Waals surface area contributed by atoms with Gasteiger partial charge in [-0.25, -0.2) is 27.4 Å². The van der Waals surface area contributed by atoms with Gasteiger partial charge in [-0.3, -0.25) is 0 Å². The predicted octanol–water partition coefficient (Wildman–Crippen LogP) is 12.2. The highest BCUT2D eigenvalue weighted by Gasteiger charge is 2.02. The van der Waals surface area contributed by atoms with Gasteiger partial charge >= 0.3 is 0 Å². The van der Waals surface area contributed by atoms with Crippen molar-refractivity contribution in [1.82, 2.24) is 13.7 Å². The summed E-state index contributed by atoms with van der Waals surface area (Å²) in [6, 6.07) is 0. The molecule has 0 aliphatic rings. The molecule has 10 nitrogen and oxygen atoms in total. The molecule has 0 radical (unpaired) electrons. The molecular formula is C54H105N6O4P. The maximum Gasteiger partial charge on any atom is 0.243 e. The largest absolute Gasteiger partial charge is 0.822 e. The molecule has 3 heterocycles. The molecule has 0 atom stereocenters. The summed E-state index contributed by atoms with van der Waals surface area (Å²) in [5.74, 6) is 0. The van der Waals surface area contributed by atoms with E-state index in [1.165, 1.54) is 251 Å². The Labute approximate surface area is 401 Å². The molecule has 0 bridgehead atoms. The van der Waals surface area contributed by atoms with Crippen LogP contribution in [0.25, 0.3) is 0 Å². The number of hydrogen-bond acceptors (Lipinski definition) is 4. The van der Waals surface area contributed by atoms with Crippen molar-refractivity contribution >= 4 is 7.82 Å². The standard InChI is InChI=1S/3C18H35N2.H3O4P/c3*1-3-4-5-6-7-8-9-10-11-12-13-14-15-20-17-16-19(2)18-20;1-5(2,3)4/h3*16-18H,3-15H2,1-2H3;(H3,1,2,3,4)/q3*+1;/p-3. The second-order valence-electron chi connectivity index (χ2n) is 19.1. The maximum absolute atomic E-state index is 8.55. The highest BCUT2D eigenvalue weighted by atomic mass is 31.2. The van der Waals surface area contributed by atoms with Gasteiger partial charge in [0.1, 0.15) is 37.2 Å². The molecule has 0 amide bonds. The molecule has 0 spiro atoms. The normalized spacial score (nSPS) is 11.2. The van der Waals surface area contributed by atoms with E-state index in [-0.39, 0.29) is 0 Å². The maximum atomic E-state index is 8.55. The van der Waals surface area contributed by atoms with E-state index in [1.54, 1.807) is 0 Å². The molecule has 0 fully saturated rings. The van der Waals surface area contributed by atoms with Crippen LogP contribution in [0.2, 0.25) is 0 Å². The SMILES string of the molecule is CCCCCCCCCCCCCCn1cc[n+](C)c1.CCCCCCCCCCCCCCn1cc[n+](C)c1.CCCCCCCCCCCCCCn1cc[n+](C)c1.O=P([O-])([O-])[O-]. The van der Waals surface area contributed by atoms with Gasteiger partial charge in [-0.2, -0.15) is 7.82 Å². The monoisotopic (exact) mass is 933 g/mol. The van der Waals surface area contributed by atoms with E-state index in [0.29, 0.717) is 0 Å². The Hall–Kier alpha value is -2.26. The fourth-order valence-corrected chi connectivity index (χ4v) is 8.31. The van der Waals surface area contributed by atoms with Crippen molar-refractivity contribution < 1.29 is 32.9 Å². The number of imidazole rings is 3. The van der Waals surface area contributed by atoms with Crippen molar-refractivity contribution in [3.63, 3.8) is 0 Å². The summed E-state index contributed by atoms with van der Waals surface area (Å²) in [7, 11) is 0.857. The topological polar surface area (TPSA) is 113 Å². The third-order valence-corrected chi connectivity index (χ3v) is 12.3. The van der Waals surface area contributed by atoms with Crippen molar-refractivity contribution in [2.75, 3.05) is 0 Å². The molecule has 0 aliphatic heterocycles. The Balaban J connectivity index is 0.000000896. The number of nitrogens with zero attached hydrogens (tertiary/aromatic N) is 6. The van der Waals surface area contributed by atoms with E-state index in [2.05, 4.69) is 125 Å². The van der Waals surface area contributed by atoms with E-state index in [1.807, 2.05) is 0 Å². The first-order valence-electron chi connectivity index (χ1n) is 27.2. The lowest BCUT2D eigenvalue weighted by Gasteiger charge is -2.36. The number of phosphoric acid groups is 1. The molecule has 11 heteroatoms. The second kappa shape index (κ2) is 46.8. The molecular weight excluding hydrogens is 828 g/mol. The first kappa shape index (κ1) is 62.7. The average molecular weight is 933 g/mol. The van der Waals surface area contributed by atoms with Crippen molar-refractivity contribution in [1.29, 1.82) is 0 Å². The van der Waals surface area contributed by atoms with Crippen LogP contribution in [-0.2, 0) is 45.3 Å². The van der Waals surface area contributed by atoms with Gasteiger partial charge in [0, 0.05) is 0 Å². The van der Waals surface area contributed by atoms with Gasteiger partial charge in [-0.1, -0.05) is 213 Å². The van der Waals surface area contributed by atoms with Crippen molar-refractivity contribution in [2.45, 2.75) is 272 Å². The van der Waals surface area contributed by atoms with E-state index >= 15 is 0 Å². The fraction of sp³-hybridized carbons (Fsp3) is 0.833. The van der Waals surface area contributed by atoms with Crippen molar-refractivity contribution in [3.05, 3.63) is 56.2 Å². The molecule has 0 aliphatic carbocycles. The van der Waals surface area contributed by atoms with Crippen LogP contribution in [0.15, 0.2) is 56.2 Å². The second-order valence-corrected chi connectivity index (χ2v) is 20.0. The Morgan fingerprint density at radius 1 is 0.323 bits per heavy atom. The van der Waals surface area contributed by atoms with E-state index in [4.69, 9.17) is 19.2 Å². The van der Waals surface area contributed by atoms with Crippen LogP contribution in [0.3, 0.4) is 0 Å². The summed E-state index contributed by atoms with van der Waals surface area (Å²) >= 11 is 0. The van der Waals surface area contributed by atoms with E-state index in [9.17, 15) is 0 Å². The van der Waals surface area contributed by atoms with E-state index < -0.39 is 7.82 Å². The Morgan fingerprint density at radius 2 is 0.477 bits per heavy atom. The summed E-state index contributed by atoms with van der Waals surface area (Å²) in [5.41, 5.74) is 0. The highest BCUT2D eigenvalue weighted by molar-refractivity contribution is 7.40. The Bertz CT molecular complexity index is 1270. The first-order valence-corrected chi connectivity index (χ1v) is 28.7. The lowest BCUT2D eigenvalue weighted by molar-refractivity contribution is -0.671. The smallest absolute Gasteiger partial charge is 0.243 e. The van der Waals surface area contributed by atoms with Gasteiger partial charge in [0.2, 0.25) is 19.0 Å². The minimum Gasteiger partial charge on any atom is -0.822 e. The zero-order chi connectivity index (χ0) is 47.9. The van der Waals surface area contributed by atoms with Crippen molar-refractivity contribution in [2.24, 2.45) is 21.1 Å². The molecule has 3 aromatic heterocycles. The summed E-state index contributed by atoms with van der Waals surface area (Å²) < 4.78 is 21.7. The highest BCUT2D eigenvalue weighted by Crippen LogP contribution is 2.15. The zero-order valence-corrected chi connectivity index (χ0v) is 44.4. The van der Waals surface area contributed by atoms with Crippen LogP contribution in [-0.4, -0.2) is 13.7 Å². The lowest BCUT2D eigenvalue weighted by atomic mass is 10.1. The van der Waals surface area contributed by atoms with Gasteiger partial charge in [0.15, 0.2) is 0 Å². The molecule has 0 saturated heterocycles. The van der Waals surface area contributed by atoms with Crippen LogP contribution in [0, 0.1) is 0 Å². The Morgan fingerprint density at radius 3 is 0.615 bits per heavy atom. The van der Waals surface area contributed by atoms with Gasteiger partial charge in [0.05, 0.1) is 40.8 Å². The third-order valence-electron chi connectivity index (χ3n) is 12.3. The molecule has 380 valence electrons. The van der Waals surface area contributed by atoms with Gasteiger partial charge in [0.25, 0.3) is 0 Å². The first-order chi connectivity index (χ1) is 31.5. The average Bonchev–Trinajstić information content (AvgIpc) is 4.02. The minimum absolute atomic E-state index is 1.18. The van der Waals surface area contributed by atoms with Crippen LogP contribution in [0.5, 0.6) is 0 Å². The molecule has 3 aromatic rings. The number of aromatic nitrogens is 6. The van der Waals surface area contributed by atoms with Crippen LogP contribution < -0.4 is 28.4 Å². The van der Waals surface area contributed by atoms with Crippen LogP contribution >= 0.6 is 7.82 Å². The molecule has 0 N–H and O–H groups in total. The zero-order valence-electron chi connectivity index (χ0n) is 43.5. The quantitative estimate of drug-likeness (QED) is 0.0322. The number of hydrogen-bond donors (Lipinski definition) is 0. The van der Waals surface area contributed by atoms with Crippen LogP contribution in [0.4, 0.5) is 0 Å². The summed E-state index contributed by atoms with van der Waals surface area (Å²) in [5, 5.41) is 0. The minimum atomic E-state index is -5.39. The van der Waals surface area contributed by atoms with Crippen molar-refractivity contribution in [3.8, 4) is 0 Å². The summed E-state index contributed by atoms with van der Waals surface area (Å²) in [6.45, 7) is 10.4. The predicted molar refractivity (Wildman–Crippen MR) is 268 cm³/mol. The Kier molecular flexibility index (Phi) is 45.2. The van der Waals surface area contributed by atoms with Crippen LogP contribution in [0.1, 0.15) is 252 Å². The fourth-order valence-electron chi connectivity index (χ4n) is 8.31. The number of unbranched alkanes of at least 4 members (excludes halogenated alkanes) is 33. The summed E-state index contributed by atoms with van der Waals surface area (Å²) in [6.07, 6.45) is 70.7. The molecule has 3 rings (SSSR count). The number of aryl methyl sites for hydroxylation is 6. The lowest BCUT2D eigenvalue weighted by Crippen LogP contribution is -2.24. The third kappa shape index (κ3) is 49.5.